The number of nitrogens with zero attached hydrogens (tertiary/aromatic N) is 4. The topological polar surface area (TPSA) is 232 Å². The van der Waals surface area contributed by atoms with Crippen LogP contribution in [0.15, 0.2) is 54.0 Å². The first-order valence-corrected chi connectivity index (χ1v) is 12.6. The Hall–Kier alpha value is -4.32. The zero-order valence-corrected chi connectivity index (χ0v) is 21.0. The fraction of sp³-hybridized carbons (Fsp3) is 0.300. The van der Waals surface area contributed by atoms with E-state index in [0.29, 0.717) is 5.57 Å². The van der Waals surface area contributed by atoms with Gasteiger partial charge in [-0.05, 0) is 17.7 Å². The van der Waals surface area contributed by atoms with Gasteiger partial charge in [0, 0.05) is 18.6 Å². The zero-order chi connectivity index (χ0) is 27.6. The summed E-state index contributed by atoms with van der Waals surface area (Å²) >= 11 is 2.24. The molecule has 4 rings (SSSR count). The molecule has 5 N–H and O–H groups in total. The first-order valence-electron chi connectivity index (χ1n) is 10.6. The van der Waals surface area contributed by atoms with Crippen molar-refractivity contribution in [1.29, 1.82) is 0 Å². The van der Waals surface area contributed by atoms with Crippen LogP contribution in [0.25, 0.3) is 0 Å². The van der Waals surface area contributed by atoms with Crippen LogP contribution in [0.3, 0.4) is 0 Å². The van der Waals surface area contributed by atoms with E-state index in [1.54, 1.807) is 0 Å². The van der Waals surface area contributed by atoms with Gasteiger partial charge in [-0.15, -0.1) is 16.9 Å². The molecule has 0 aromatic carbocycles. The molecule has 2 aromatic heterocycles. The molecular weight excluding hydrogens is 546 g/mol. The van der Waals surface area contributed by atoms with Crippen molar-refractivity contribution in [2.24, 2.45) is 17.9 Å². The maximum absolute atomic E-state index is 13.0. The molecule has 0 saturated carbocycles. The van der Waals surface area contributed by atoms with Gasteiger partial charge in [0.25, 0.3) is 17.7 Å². The molecule has 1 saturated heterocycles. The van der Waals surface area contributed by atoms with Gasteiger partial charge in [0.2, 0.25) is 5.71 Å². The number of nitrogens with one attached hydrogen (secondary N) is 2. The Morgan fingerprint density at radius 3 is 2.82 bits per heavy atom. The number of carbonyl (C=O) groups excluding carboxylic acids is 3. The molecular formula is C20H19N7O9S2. The van der Waals surface area contributed by atoms with Crippen LogP contribution in [0.1, 0.15) is 5.76 Å². The Labute approximate surface area is 220 Å². The van der Waals surface area contributed by atoms with E-state index in [-0.39, 0.29) is 33.8 Å². The fourth-order valence-electron chi connectivity index (χ4n) is 3.52. The molecule has 16 nitrogen and oxygen atoms in total. The average molecular weight is 566 g/mol. The lowest BCUT2D eigenvalue weighted by Gasteiger charge is -2.49. The highest BCUT2D eigenvalue weighted by atomic mass is 32.2. The molecule has 3 amide bonds. The Morgan fingerprint density at radius 2 is 2.16 bits per heavy atom. The van der Waals surface area contributed by atoms with Crippen molar-refractivity contribution in [2.75, 3.05) is 18.1 Å². The lowest BCUT2D eigenvalue weighted by atomic mass is 10.0. The summed E-state index contributed by atoms with van der Waals surface area (Å²) in [7, 11) is 1.36. The van der Waals surface area contributed by atoms with E-state index in [1.807, 2.05) is 0 Å². The number of oxime groups is 1. The number of hydrogen-bond acceptors (Lipinski definition) is 12. The summed E-state index contributed by atoms with van der Waals surface area (Å²) in [5.41, 5.74) is 3.09. The van der Waals surface area contributed by atoms with Crippen molar-refractivity contribution < 1.29 is 33.5 Å². The summed E-state index contributed by atoms with van der Waals surface area (Å²) in [4.78, 5) is 77.9. The number of fused-ring (bicyclic) bond motifs is 1. The number of carbonyl (C=O) groups is 4. The first kappa shape index (κ1) is 26.7. The van der Waals surface area contributed by atoms with Gasteiger partial charge in [-0.2, -0.15) is 0 Å². The number of thioether (sulfide) groups is 2. The van der Waals surface area contributed by atoms with E-state index < -0.39 is 52.8 Å². The molecule has 38 heavy (non-hydrogen) atoms. The predicted octanol–water partition coefficient (Wildman–Crippen LogP) is -2.20. The summed E-state index contributed by atoms with van der Waals surface area (Å²) in [6.07, 6.45) is 1.28. The number of carboxylic acid groups (broad SMARTS) is 1. The SMILES string of the molecule is Cn1c(SCC2=C(C(=O)O)N3C(=O)[C@@H](NC(=O)C(=NOCC(N)=O)c4ccco4)[C@H]3SC2)n[nH]c(=O)c1=O. The van der Waals surface area contributed by atoms with Gasteiger partial charge in [-0.3, -0.25) is 33.4 Å². The van der Waals surface area contributed by atoms with Crippen molar-refractivity contribution in [3.8, 4) is 0 Å². The summed E-state index contributed by atoms with van der Waals surface area (Å²) in [5.74, 6) is -3.41. The van der Waals surface area contributed by atoms with Crippen LogP contribution in [-0.2, 0) is 31.1 Å². The van der Waals surface area contributed by atoms with Gasteiger partial charge in [-0.1, -0.05) is 16.9 Å². The number of primary amides is 1. The fourth-order valence-corrected chi connectivity index (χ4v) is 5.92. The van der Waals surface area contributed by atoms with Gasteiger partial charge in [0.15, 0.2) is 17.5 Å². The van der Waals surface area contributed by atoms with E-state index >= 15 is 0 Å². The highest BCUT2D eigenvalue weighted by Crippen LogP contribution is 2.41. The summed E-state index contributed by atoms with van der Waals surface area (Å²) in [5, 5.41) is 21.3. The van der Waals surface area contributed by atoms with Gasteiger partial charge in [0.05, 0.1) is 6.26 Å². The second-order valence-electron chi connectivity index (χ2n) is 7.76. The predicted molar refractivity (Wildman–Crippen MR) is 131 cm³/mol. The van der Waals surface area contributed by atoms with Gasteiger partial charge >= 0.3 is 17.1 Å². The molecule has 4 heterocycles. The second-order valence-corrected chi connectivity index (χ2v) is 9.81. The number of hydrogen-bond donors (Lipinski definition) is 4. The second kappa shape index (κ2) is 11.0. The molecule has 1 fully saturated rings. The monoisotopic (exact) mass is 565 g/mol. The first-order chi connectivity index (χ1) is 18.1. The largest absolute Gasteiger partial charge is 0.477 e. The van der Waals surface area contributed by atoms with Gasteiger partial charge in [0.1, 0.15) is 17.1 Å². The quantitative estimate of drug-likeness (QED) is 0.0790. The third-order valence-corrected chi connectivity index (χ3v) is 7.74. The Kier molecular flexibility index (Phi) is 7.72. The van der Waals surface area contributed by atoms with Crippen molar-refractivity contribution in [3.05, 3.63) is 56.1 Å². The standard InChI is InChI=1S/C20H19N7O9S2/c1-26-17(32)15(30)23-24-20(26)38-7-8-6-37-18-12(16(31)27(18)13(8)19(33)34)22-14(29)11(9-3-2-4-35-9)25-36-5-10(21)28/h2-4,12,18H,5-7H2,1H3,(H2,21,28)(H,22,29)(H,23,30)(H,33,34)/t12-,18-/m1/s1. The average Bonchev–Trinajstić information content (AvgIpc) is 3.41. The maximum Gasteiger partial charge on any atom is 0.352 e. The van der Waals surface area contributed by atoms with Crippen molar-refractivity contribution in [2.45, 2.75) is 16.6 Å². The van der Waals surface area contributed by atoms with Crippen LogP contribution in [-0.4, -0.2) is 83.7 Å². The van der Waals surface area contributed by atoms with E-state index in [2.05, 4.69) is 20.7 Å². The highest BCUT2D eigenvalue weighted by Gasteiger charge is 2.54. The number of rotatable bonds is 10. The number of H-pyrrole nitrogens is 1. The molecule has 2 aromatic rings. The minimum atomic E-state index is -1.34. The molecule has 200 valence electrons. The molecule has 0 aliphatic carbocycles. The van der Waals surface area contributed by atoms with Crippen LogP contribution in [0.5, 0.6) is 0 Å². The third kappa shape index (κ3) is 5.21. The maximum atomic E-state index is 13.0. The number of nitrogens with two attached hydrogens (primary N) is 1. The number of amides is 3. The molecule has 2 aliphatic rings. The lowest BCUT2D eigenvalue weighted by molar-refractivity contribution is -0.150. The van der Waals surface area contributed by atoms with Crippen LogP contribution >= 0.6 is 23.5 Å². The Balaban J connectivity index is 1.50. The Morgan fingerprint density at radius 1 is 1.39 bits per heavy atom. The van der Waals surface area contributed by atoms with Crippen LogP contribution < -0.4 is 22.2 Å². The molecule has 2 aliphatic heterocycles. The normalized spacial score (nSPS) is 19.0. The molecule has 0 unspecified atom stereocenters. The molecule has 18 heteroatoms. The molecule has 2 atom stereocenters. The number of aromatic amines is 1. The van der Waals surface area contributed by atoms with Crippen molar-refractivity contribution in [1.82, 2.24) is 25.0 Å². The van der Waals surface area contributed by atoms with Crippen molar-refractivity contribution in [3.63, 3.8) is 0 Å². The number of aliphatic carboxylic acids is 1. The van der Waals surface area contributed by atoms with Crippen molar-refractivity contribution >= 4 is 52.9 Å². The summed E-state index contributed by atoms with van der Waals surface area (Å²) < 4.78 is 6.20. The lowest BCUT2D eigenvalue weighted by Crippen LogP contribution is -2.71. The van der Waals surface area contributed by atoms with Crippen LogP contribution in [0.4, 0.5) is 0 Å². The highest BCUT2D eigenvalue weighted by molar-refractivity contribution is 8.01. The van der Waals surface area contributed by atoms with E-state index in [1.165, 1.54) is 37.2 Å². The summed E-state index contributed by atoms with van der Waals surface area (Å²) in [6, 6.07) is 1.83. The number of β-lactam (4-membered cyclic amide) rings is 1. The minimum Gasteiger partial charge on any atom is -0.477 e. The smallest absolute Gasteiger partial charge is 0.352 e. The van der Waals surface area contributed by atoms with E-state index in [0.717, 1.165) is 21.2 Å². The molecule has 0 radical (unpaired) electrons. The number of aromatic nitrogens is 3. The summed E-state index contributed by atoms with van der Waals surface area (Å²) in [6.45, 7) is -0.595. The van der Waals surface area contributed by atoms with Crippen LogP contribution in [0, 0.1) is 0 Å². The van der Waals surface area contributed by atoms with E-state index in [9.17, 15) is 33.9 Å². The zero-order valence-electron chi connectivity index (χ0n) is 19.4. The third-order valence-electron chi connectivity index (χ3n) is 5.28. The van der Waals surface area contributed by atoms with Crippen LogP contribution in [0.2, 0.25) is 0 Å². The van der Waals surface area contributed by atoms with E-state index in [4.69, 9.17) is 15.0 Å². The number of furan rings is 1. The van der Waals surface area contributed by atoms with Gasteiger partial charge < -0.3 is 25.4 Å². The Bertz CT molecular complexity index is 1480. The molecule has 0 spiro atoms. The molecule has 0 bridgehead atoms. The number of carboxylic acids is 1. The minimum absolute atomic E-state index is 0.00240. The van der Waals surface area contributed by atoms with Gasteiger partial charge in [-0.25, -0.2) is 9.89 Å².